The number of carbonyl (C=O) groups is 1. The second-order valence-corrected chi connectivity index (χ2v) is 6.63. The van der Waals surface area contributed by atoms with E-state index in [-0.39, 0.29) is 5.91 Å². The summed E-state index contributed by atoms with van der Waals surface area (Å²) in [6.07, 6.45) is 1.76. The van der Waals surface area contributed by atoms with Gasteiger partial charge in [-0.05, 0) is 12.0 Å². The number of nitrogens with zero attached hydrogens (tertiary/aromatic N) is 4. The summed E-state index contributed by atoms with van der Waals surface area (Å²) in [5.41, 5.74) is 7.02. The van der Waals surface area contributed by atoms with Crippen LogP contribution in [0.1, 0.15) is 30.8 Å². The van der Waals surface area contributed by atoms with Crippen LogP contribution in [-0.4, -0.2) is 46.3 Å². The van der Waals surface area contributed by atoms with Crippen LogP contribution < -0.4 is 10.6 Å². The molecule has 0 spiro atoms. The van der Waals surface area contributed by atoms with Crippen molar-refractivity contribution in [1.29, 1.82) is 0 Å². The van der Waals surface area contributed by atoms with Crippen molar-refractivity contribution >= 4 is 22.6 Å². The van der Waals surface area contributed by atoms with Gasteiger partial charge in [0.1, 0.15) is 11.9 Å². The first-order valence-corrected chi connectivity index (χ1v) is 9.13. The molecule has 2 aromatic rings. The normalized spacial score (nSPS) is 16.8. The minimum Gasteiger partial charge on any atom is -0.345 e. The van der Waals surface area contributed by atoms with Gasteiger partial charge < -0.3 is 15.5 Å². The summed E-state index contributed by atoms with van der Waals surface area (Å²) in [5.74, 6) is 0.882. The van der Waals surface area contributed by atoms with Crippen molar-refractivity contribution in [3.8, 4) is 0 Å². The van der Waals surface area contributed by atoms with Crippen molar-refractivity contribution in [1.82, 2.24) is 14.3 Å². The van der Waals surface area contributed by atoms with E-state index in [9.17, 15) is 4.79 Å². The molecule has 1 fully saturated rings. The molecule has 0 saturated carbocycles. The van der Waals surface area contributed by atoms with Gasteiger partial charge in [-0.3, -0.25) is 4.79 Å². The number of anilines is 1. The largest absolute Gasteiger partial charge is 0.345 e. The van der Waals surface area contributed by atoms with Crippen LogP contribution >= 0.6 is 11.5 Å². The topological polar surface area (TPSA) is 75.4 Å². The summed E-state index contributed by atoms with van der Waals surface area (Å²) in [6.45, 7) is 5.11. The van der Waals surface area contributed by atoms with Gasteiger partial charge >= 0.3 is 0 Å². The maximum Gasteiger partial charge on any atom is 0.244 e. The Kier molecular flexibility index (Phi) is 5.42. The number of hydrogen-bond acceptors (Lipinski definition) is 6. The van der Waals surface area contributed by atoms with Crippen LogP contribution in [0, 0.1) is 0 Å². The van der Waals surface area contributed by atoms with E-state index in [0.29, 0.717) is 6.54 Å². The van der Waals surface area contributed by atoms with Gasteiger partial charge in [0.05, 0.1) is 0 Å². The Labute approximate surface area is 146 Å². The van der Waals surface area contributed by atoms with E-state index in [1.165, 1.54) is 11.5 Å². The Morgan fingerprint density at radius 2 is 2.04 bits per heavy atom. The zero-order chi connectivity index (χ0) is 16.9. The number of benzene rings is 1. The first-order chi connectivity index (χ1) is 11.7. The summed E-state index contributed by atoms with van der Waals surface area (Å²) in [6, 6.07) is 8.96. The van der Waals surface area contributed by atoms with Crippen molar-refractivity contribution in [2.75, 3.05) is 31.1 Å². The molecule has 1 aliphatic rings. The molecule has 1 atom stereocenters. The molecule has 1 saturated heterocycles. The van der Waals surface area contributed by atoms with E-state index in [4.69, 9.17) is 5.73 Å². The molecule has 1 aliphatic heterocycles. The maximum atomic E-state index is 12.7. The lowest BCUT2D eigenvalue weighted by Gasteiger charge is -2.24. The molecular formula is C17H23N5OS. The lowest BCUT2D eigenvalue weighted by atomic mass is 10.1. The molecule has 1 aromatic carbocycles. The van der Waals surface area contributed by atoms with Gasteiger partial charge in [0.15, 0.2) is 0 Å². The summed E-state index contributed by atoms with van der Waals surface area (Å²) in [5, 5.41) is 0.952. The fraction of sp³-hybridized carbons (Fsp3) is 0.471. The smallest absolute Gasteiger partial charge is 0.244 e. The number of carbonyl (C=O) groups excluding carboxylic acids is 1. The highest BCUT2D eigenvalue weighted by Crippen LogP contribution is 2.20. The summed E-state index contributed by atoms with van der Waals surface area (Å²) in [4.78, 5) is 21.3. The lowest BCUT2D eigenvalue weighted by Crippen LogP contribution is -2.40. The first kappa shape index (κ1) is 16.9. The second kappa shape index (κ2) is 7.72. The third-order valence-electron chi connectivity index (χ3n) is 4.28. The average molecular weight is 345 g/mol. The molecule has 2 N–H and O–H groups in total. The zero-order valence-electron chi connectivity index (χ0n) is 13.9. The van der Waals surface area contributed by atoms with Crippen LogP contribution in [-0.2, 0) is 11.2 Å². The number of amides is 1. The maximum absolute atomic E-state index is 12.7. The van der Waals surface area contributed by atoms with Crippen LogP contribution in [0.2, 0.25) is 0 Å². The highest BCUT2D eigenvalue weighted by molar-refractivity contribution is 7.09. The molecule has 2 heterocycles. The highest BCUT2D eigenvalue weighted by atomic mass is 32.1. The molecule has 0 aliphatic carbocycles. The monoisotopic (exact) mass is 345 g/mol. The third kappa shape index (κ3) is 3.73. The predicted molar refractivity (Wildman–Crippen MR) is 96.1 cm³/mol. The highest BCUT2D eigenvalue weighted by Gasteiger charge is 2.25. The van der Waals surface area contributed by atoms with Crippen molar-refractivity contribution in [2.24, 2.45) is 5.73 Å². The second-order valence-electron chi connectivity index (χ2n) is 5.90. The first-order valence-electron chi connectivity index (χ1n) is 8.36. The number of aromatic nitrogens is 2. The Morgan fingerprint density at radius 3 is 2.75 bits per heavy atom. The van der Waals surface area contributed by atoms with Crippen LogP contribution in [0.3, 0.4) is 0 Å². The van der Waals surface area contributed by atoms with Crippen LogP contribution in [0.15, 0.2) is 30.3 Å². The molecule has 1 unspecified atom stereocenters. The molecule has 24 heavy (non-hydrogen) atoms. The zero-order valence-corrected chi connectivity index (χ0v) is 14.7. The van der Waals surface area contributed by atoms with Gasteiger partial charge in [0.2, 0.25) is 11.0 Å². The van der Waals surface area contributed by atoms with E-state index in [1.807, 2.05) is 35.2 Å². The quantitative estimate of drug-likeness (QED) is 0.915. The summed E-state index contributed by atoms with van der Waals surface area (Å²) >= 11 is 1.44. The Bertz CT molecular complexity index is 675. The minimum absolute atomic E-state index is 0.00504. The van der Waals surface area contributed by atoms with E-state index >= 15 is 0 Å². The molecule has 1 aromatic heterocycles. The lowest BCUT2D eigenvalue weighted by molar-refractivity contribution is -0.132. The molecule has 0 bridgehead atoms. The number of rotatable bonds is 4. The predicted octanol–water partition coefficient (Wildman–Crippen LogP) is 1.84. The van der Waals surface area contributed by atoms with Crippen LogP contribution in [0.25, 0.3) is 0 Å². The molecule has 1 amide bonds. The van der Waals surface area contributed by atoms with Gasteiger partial charge in [-0.2, -0.15) is 4.37 Å². The molecular weight excluding hydrogens is 322 g/mol. The van der Waals surface area contributed by atoms with Crippen LogP contribution in [0.4, 0.5) is 5.13 Å². The average Bonchev–Trinajstić information content (AvgIpc) is 2.98. The minimum atomic E-state index is -0.592. The number of hydrogen-bond donors (Lipinski definition) is 1. The third-order valence-corrected chi connectivity index (χ3v) is 5.09. The molecule has 6 nitrogen and oxygen atoms in total. The fourth-order valence-electron chi connectivity index (χ4n) is 2.85. The summed E-state index contributed by atoms with van der Waals surface area (Å²) in [7, 11) is 0. The summed E-state index contributed by atoms with van der Waals surface area (Å²) < 4.78 is 4.35. The molecule has 7 heteroatoms. The van der Waals surface area contributed by atoms with Crippen LogP contribution in [0.5, 0.6) is 0 Å². The van der Waals surface area contributed by atoms with Crippen molar-refractivity contribution in [3.05, 3.63) is 41.7 Å². The SMILES string of the molecule is CCc1nsc(N2CCCN(C(=O)C(N)c3ccccc3)CC2)n1. The van der Waals surface area contributed by atoms with Crippen molar-refractivity contribution in [3.63, 3.8) is 0 Å². The van der Waals surface area contributed by atoms with Gasteiger partial charge in [0.25, 0.3) is 0 Å². The molecule has 3 rings (SSSR count). The fourth-order valence-corrected chi connectivity index (χ4v) is 3.65. The standard InChI is InChI=1S/C17H23N5OS/c1-2-14-19-17(24-20-14)22-10-6-9-21(11-12-22)16(23)15(18)13-7-4-3-5-8-13/h3-5,7-8,15H,2,6,9-12,18H2,1H3. The van der Waals surface area contributed by atoms with E-state index in [0.717, 1.165) is 49.0 Å². The molecule has 0 radical (unpaired) electrons. The Hall–Kier alpha value is -1.99. The van der Waals surface area contributed by atoms with Gasteiger partial charge in [-0.1, -0.05) is 37.3 Å². The number of nitrogens with two attached hydrogens (primary N) is 1. The van der Waals surface area contributed by atoms with Gasteiger partial charge in [-0.25, -0.2) is 4.98 Å². The Morgan fingerprint density at radius 1 is 1.25 bits per heavy atom. The van der Waals surface area contributed by atoms with E-state index in [1.54, 1.807) is 0 Å². The van der Waals surface area contributed by atoms with Gasteiger partial charge in [-0.15, -0.1) is 0 Å². The molecule has 128 valence electrons. The number of aryl methyl sites for hydroxylation is 1. The van der Waals surface area contributed by atoms with E-state index < -0.39 is 6.04 Å². The van der Waals surface area contributed by atoms with Gasteiger partial charge in [0, 0.05) is 44.1 Å². The van der Waals surface area contributed by atoms with Crippen molar-refractivity contribution < 1.29 is 4.79 Å². The van der Waals surface area contributed by atoms with E-state index in [2.05, 4.69) is 21.2 Å². The van der Waals surface area contributed by atoms with Crippen molar-refractivity contribution in [2.45, 2.75) is 25.8 Å². The Balaban J connectivity index is 1.63.